The smallest absolute Gasteiger partial charge is 0.236 e. The normalized spacial score (nSPS) is 24.8. The van der Waals surface area contributed by atoms with Gasteiger partial charge in [-0.05, 0) is 31.5 Å². The maximum absolute atomic E-state index is 12.5. The van der Waals surface area contributed by atoms with Crippen molar-refractivity contribution in [2.24, 2.45) is 0 Å². The number of hydrogen-bond acceptors (Lipinski definition) is 5. The van der Waals surface area contributed by atoms with Crippen molar-refractivity contribution in [3.63, 3.8) is 0 Å². The Morgan fingerprint density at radius 3 is 2.68 bits per heavy atom. The molecule has 3 rings (SSSR count). The van der Waals surface area contributed by atoms with E-state index < -0.39 is 6.10 Å². The van der Waals surface area contributed by atoms with Crippen LogP contribution in [0.4, 0.5) is 5.69 Å². The summed E-state index contributed by atoms with van der Waals surface area (Å²) in [5, 5.41) is 9.99. The minimum absolute atomic E-state index is 0.0882. The molecule has 0 aliphatic carbocycles. The summed E-state index contributed by atoms with van der Waals surface area (Å²) in [7, 11) is 0. The Morgan fingerprint density at radius 1 is 1.24 bits per heavy atom. The third-order valence-electron chi connectivity index (χ3n) is 5.07. The Labute approximate surface area is 150 Å². The molecule has 0 saturated carbocycles. The predicted molar refractivity (Wildman–Crippen MR) is 97.8 cm³/mol. The van der Waals surface area contributed by atoms with E-state index in [0.717, 1.165) is 26.2 Å². The number of carbonyl (C=O) groups is 1. The minimum atomic E-state index is -0.568. The summed E-state index contributed by atoms with van der Waals surface area (Å²) in [5.41, 5.74) is 2.53. The first-order chi connectivity index (χ1) is 12.1. The number of piperazine rings is 1. The molecule has 1 aromatic carbocycles. The van der Waals surface area contributed by atoms with Crippen molar-refractivity contribution in [1.82, 2.24) is 9.80 Å². The molecule has 2 fully saturated rings. The standard InChI is InChI=1S/C19H29N3O3/c1-3-25-18-13-22(12-17(18)23)19(24)14-20-7-9-21(10-8-20)16-6-4-5-15(2)11-16/h4-6,11,17-18,23H,3,7-10,12-14H2,1-2H3/t17-,18-/m0/s1. The molecule has 0 aromatic heterocycles. The second-order valence-corrected chi connectivity index (χ2v) is 6.96. The molecular formula is C19H29N3O3. The average Bonchev–Trinajstić information content (AvgIpc) is 2.97. The molecule has 2 heterocycles. The zero-order valence-corrected chi connectivity index (χ0v) is 15.2. The van der Waals surface area contributed by atoms with E-state index in [-0.39, 0.29) is 12.0 Å². The van der Waals surface area contributed by atoms with E-state index in [4.69, 9.17) is 4.74 Å². The van der Waals surface area contributed by atoms with Crippen LogP contribution in [0.25, 0.3) is 0 Å². The van der Waals surface area contributed by atoms with Gasteiger partial charge in [0.1, 0.15) is 6.10 Å². The van der Waals surface area contributed by atoms with Gasteiger partial charge in [-0.3, -0.25) is 9.69 Å². The van der Waals surface area contributed by atoms with Gasteiger partial charge in [0.2, 0.25) is 5.91 Å². The molecule has 6 heteroatoms. The van der Waals surface area contributed by atoms with Crippen LogP contribution in [0.1, 0.15) is 12.5 Å². The third-order valence-corrected chi connectivity index (χ3v) is 5.07. The van der Waals surface area contributed by atoms with E-state index in [1.807, 2.05) is 6.92 Å². The van der Waals surface area contributed by atoms with Gasteiger partial charge in [0.25, 0.3) is 0 Å². The number of β-amino-alcohol motifs (C(OH)–C–C–N with tert-alkyl or cyclic N) is 1. The van der Waals surface area contributed by atoms with Crippen molar-refractivity contribution in [2.45, 2.75) is 26.1 Å². The van der Waals surface area contributed by atoms with E-state index in [2.05, 4.69) is 41.0 Å². The third kappa shape index (κ3) is 4.51. The van der Waals surface area contributed by atoms with Crippen LogP contribution in [0.15, 0.2) is 24.3 Å². The van der Waals surface area contributed by atoms with Crippen LogP contribution < -0.4 is 4.90 Å². The van der Waals surface area contributed by atoms with Crippen LogP contribution in [0, 0.1) is 6.92 Å². The van der Waals surface area contributed by atoms with E-state index in [1.165, 1.54) is 11.3 Å². The lowest BCUT2D eigenvalue weighted by molar-refractivity contribution is -0.132. The Kier molecular flexibility index (Phi) is 5.93. The van der Waals surface area contributed by atoms with Gasteiger partial charge in [0, 0.05) is 51.6 Å². The second-order valence-electron chi connectivity index (χ2n) is 6.96. The quantitative estimate of drug-likeness (QED) is 0.851. The van der Waals surface area contributed by atoms with Crippen LogP contribution >= 0.6 is 0 Å². The zero-order chi connectivity index (χ0) is 17.8. The van der Waals surface area contributed by atoms with Crippen molar-refractivity contribution in [2.75, 3.05) is 57.3 Å². The Hall–Kier alpha value is -1.63. The number of anilines is 1. The second kappa shape index (κ2) is 8.17. The lowest BCUT2D eigenvalue weighted by atomic mass is 10.2. The van der Waals surface area contributed by atoms with Gasteiger partial charge < -0.3 is 19.6 Å². The van der Waals surface area contributed by atoms with Gasteiger partial charge in [0.15, 0.2) is 0 Å². The monoisotopic (exact) mass is 347 g/mol. The lowest BCUT2D eigenvalue weighted by Crippen LogP contribution is -2.50. The van der Waals surface area contributed by atoms with Crippen molar-refractivity contribution >= 4 is 11.6 Å². The molecule has 2 aliphatic rings. The van der Waals surface area contributed by atoms with Crippen LogP contribution in [0.5, 0.6) is 0 Å². The highest BCUT2D eigenvalue weighted by Crippen LogP contribution is 2.18. The number of aryl methyl sites for hydroxylation is 1. The van der Waals surface area contributed by atoms with E-state index >= 15 is 0 Å². The highest BCUT2D eigenvalue weighted by molar-refractivity contribution is 5.78. The molecule has 2 atom stereocenters. The number of ether oxygens (including phenoxy) is 1. The van der Waals surface area contributed by atoms with Gasteiger partial charge in [-0.15, -0.1) is 0 Å². The maximum Gasteiger partial charge on any atom is 0.236 e. The first-order valence-electron chi connectivity index (χ1n) is 9.18. The molecule has 25 heavy (non-hydrogen) atoms. The van der Waals surface area contributed by atoms with Crippen LogP contribution in [-0.2, 0) is 9.53 Å². The molecule has 2 saturated heterocycles. The average molecular weight is 347 g/mol. The van der Waals surface area contributed by atoms with Gasteiger partial charge in [-0.1, -0.05) is 12.1 Å². The first kappa shape index (κ1) is 18.2. The van der Waals surface area contributed by atoms with Gasteiger partial charge in [-0.25, -0.2) is 0 Å². The summed E-state index contributed by atoms with van der Waals surface area (Å²) >= 11 is 0. The van der Waals surface area contributed by atoms with Crippen molar-refractivity contribution in [3.05, 3.63) is 29.8 Å². The highest BCUT2D eigenvalue weighted by Gasteiger charge is 2.35. The van der Waals surface area contributed by atoms with Gasteiger partial charge >= 0.3 is 0 Å². The van der Waals surface area contributed by atoms with E-state index in [0.29, 0.717) is 26.2 Å². The maximum atomic E-state index is 12.5. The topological polar surface area (TPSA) is 56.2 Å². The molecule has 2 aliphatic heterocycles. The van der Waals surface area contributed by atoms with Gasteiger partial charge in [0.05, 0.1) is 12.6 Å². The summed E-state index contributed by atoms with van der Waals surface area (Å²) in [6.07, 6.45) is -0.811. The molecule has 1 amide bonds. The minimum Gasteiger partial charge on any atom is -0.388 e. The Balaban J connectivity index is 1.47. The SMILES string of the molecule is CCO[C@H]1CN(C(=O)CN2CCN(c3cccc(C)c3)CC2)C[C@@H]1O. The summed E-state index contributed by atoms with van der Waals surface area (Å²) in [4.78, 5) is 18.8. The van der Waals surface area contributed by atoms with Crippen LogP contribution in [0.2, 0.25) is 0 Å². The molecule has 0 bridgehead atoms. The Bertz CT molecular complexity index is 587. The largest absolute Gasteiger partial charge is 0.388 e. The summed E-state index contributed by atoms with van der Waals surface area (Å²) in [6, 6.07) is 8.56. The lowest BCUT2D eigenvalue weighted by Gasteiger charge is -2.36. The summed E-state index contributed by atoms with van der Waals surface area (Å²) < 4.78 is 5.49. The first-order valence-corrected chi connectivity index (χ1v) is 9.18. The number of aliphatic hydroxyl groups excluding tert-OH is 1. The summed E-state index contributed by atoms with van der Waals surface area (Å²) in [6.45, 7) is 9.50. The predicted octanol–water partition coefficient (Wildman–Crippen LogP) is 0.725. The number of benzene rings is 1. The fourth-order valence-corrected chi connectivity index (χ4v) is 3.62. The molecule has 6 nitrogen and oxygen atoms in total. The molecule has 0 unspecified atom stereocenters. The number of nitrogens with zero attached hydrogens (tertiary/aromatic N) is 3. The number of aliphatic hydroxyl groups is 1. The number of carbonyl (C=O) groups excluding carboxylic acids is 1. The molecule has 138 valence electrons. The number of rotatable bonds is 5. The summed E-state index contributed by atoms with van der Waals surface area (Å²) in [5.74, 6) is 0.0882. The van der Waals surface area contributed by atoms with Crippen LogP contribution in [-0.4, -0.2) is 85.4 Å². The molecule has 0 spiro atoms. The number of amides is 1. The van der Waals surface area contributed by atoms with Gasteiger partial charge in [-0.2, -0.15) is 0 Å². The fourth-order valence-electron chi connectivity index (χ4n) is 3.62. The van der Waals surface area contributed by atoms with Crippen molar-refractivity contribution in [3.8, 4) is 0 Å². The molecule has 0 radical (unpaired) electrons. The Morgan fingerprint density at radius 2 is 2.00 bits per heavy atom. The van der Waals surface area contributed by atoms with E-state index in [9.17, 15) is 9.90 Å². The van der Waals surface area contributed by atoms with Crippen molar-refractivity contribution < 1.29 is 14.6 Å². The van der Waals surface area contributed by atoms with E-state index in [1.54, 1.807) is 4.90 Å². The molecular weight excluding hydrogens is 318 g/mol. The zero-order valence-electron chi connectivity index (χ0n) is 15.2. The number of likely N-dealkylation sites (tertiary alicyclic amines) is 1. The fraction of sp³-hybridized carbons (Fsp3) is 0.632. The highest BCUT2D eigenvalue weighted by atomic mass is 16.5. The molecule has 1 N–H and O–H groups in total. The van der Waals surface area contributed by atoms with Crippen molar-refractivity contribution in [1.29, 1.82) is 0 Å². The molecule has 1 aromatic rings. The number of hydrogen-bond donors (Lipinski definition) is 1. The van der Waals surface area contributed by atoms with Crippen LogP contribution in [0.3, 0.4) is 0 Å².